The molecule has 19 heavy (non-hydrogen) atoms. The Labute approximate surface area is 122 Å². The van der Waals surface area contributed by atoms with Gasteiger partial charge in [-0.15, -0.1) is 0 Å². The number of halogens is 1. The van der Waals surface area contributed by atoms with Gasteiger partial charge < -0.3 is 5.32 Å². The van der Waals surface area contributed by atoms with Crippen LogP contribution in [0.1, 0.15) is 62.6 Å². The molecule has 1 aliphatic rings. The quantitative estimate of drug-likeness (QED) is 0.748. The molecule has 1 saturated carbocycles. The third-order valence-electron chi connectivity index (χ3n) is 4.30. The van der Waals surface area contributed by atoms with E-state index in [0.717, 1.165) is 17.5 Å². The van der Waals surface area contributed by atoms with Crippen molar-refractivity contribution < 1.29 is 0 Å². The van der Waals surface area contributed by atoms with Crippen molar-refractivity contribution in [2.24, 2.45) is 5.92 Å². The second kappa shape index (κ2) is 7.31. The van der Waals surface area contributed by atoms with Gasteiger partial charge in [0.05, 0.1) is 0 Å². The van der Waals surface area contributed by atoms with Crippen molar-refractivity contribution in [3.8, 4) is 0 Å². The summed E-state index contributed by atoms with van der Waals surface area (Å²) in [4.78, 5) is 0. The van der Waals surface area contributed by atoms with E-state index in [1.165, 1.54) is 49.7 Å². The Morgan fingerprint density at radius 2 is 2.05 bits per heavy atom. The molecule has 1 aromatic rings. The summed E-state index contributed by atoms with van der Waals surface area (Å²) in [7, 11) is 0. The summed E-state index contributed by atoms with van der Waals surface area (Å²) >= 11 is 6.18. The van der Waals surface area contributed by atoms with Crippen LogP contribution in [0.5, 0.6) is 0 Å². The number of benzene rings is 1. The largest absolute Gasteiger partial charge is 0.310 e. The van der Waals surface area contributed by atoms with Crippen LogP contribution in [0, 0.1) is 12.8 Å². The lowest BCUT2D eigenvalue weighted by molar-refractivity contribution is 0.394. The maximum Gasteiger partial charge on any atom is 0.0409 e. The van der Waals surface area contributed by atoms with Gasteiger partial charge in [-0.1, -0.05) is 50.3 Å². The normalized spacial score (nSPS) is 17.8. The fourth-order valence-electron chi connectivity index (χ4n) is 3.20. The van der Waals surface area contributed by atoms with E-state index in [1.54, 1.807) is 0 Å². The topological polar surface area (TPSA) is 12.0 Å². The highest BCUT2D eigenvalue weighted by Gasteiger charge is 2.22. The van der Waals surface area contributed by atoms with Crippen molar-refractivity contribution in [1.82, 2.24) is 5.32 Å². The standard InChI is InChI=1S/C17H26ClN/c1-3-10-19-17(11-14-6-4-5-7-14)16-12-15(18)9-8-13(16)2/h8-9,12,14,17,19H,3-7,10-11H2,1-2H3. The van der Waals surface area contributed by atoms with E-state index in [-0.39, 0.29) is 0 Å². The Kier molecular flexibility index (Phi) is 5.72. The Morgan fingerprint density at radius 1 is 1.32 bits per heavy atom. The highest BCUT2D eigenvalue weighted by Crippen LogP contribution is 2.34. The fraction of sp³-hybridized carbons (Fsp3) is 0.647. The number of aryl methyl sites for hydroxylation is 1. The second-order valence-electron chi connectivity index (χ2n) is 5.89. The van der Waals surface area contributed by atoms with Crippen LogP contribution in [-0.4, -0.2) is 6.54 Å². The van der Waals surface area contributed by atoms with Crippen molar-refractivity contribution in [1.29, 1.82) is 0 Å². The Bertz CT molecular complexity index is 396. The average Bonchev–Trinajstić information content (AvgIpc) is 2.90. The number of nitrogens with one attached hydrogen (secondary N) is 1. The van der Waals surface area contributed by atoms with E-state index in [9.17, 15) is 0 Å². The van der Waals surface area contributed by atoms with Gasteiger partial charge in [-0.25, -0.2) is 0 Å². The molecule has 0 aromatic heterocycles. The lowest BCUT2D eigenvalue weighted by atomic mass is 9.91. The minimum atomic E-state index is 0.474. The van der Waals surface area contributed by atoms with E-state index in [0.29, 0.717) is 6.04 Å². The Hall–Kier alpha value is -0.530. The summed E-state index contributed by atoms with van der Waals surface area (Å²) < 4.78 is 0. The molecule has 1 aliphatic carbocycles. The van der Waals surface area contributed by atoms with Gasteiger partial charge in [-0.2, -0.15) is 0 Å². The molecule has 1 N–H and O–H groups in total. The number of hydrogen-bond acceptors (Lipinski definition) is 1. The van der Waals surface area contributed by atoms with Crippen LogP contribution in [0.4, 0.5) is 0 Å². The first-order valence-electron chi connectivity index (χ1n) is 7.70. The zero-order chi connectivity index (χ0) is 13.7. The van der Waals surface area contributed by atoms with Crippen molar-refractivity contribution in [3.63, 3.8) is 0 Å². The molecule has 2 rings (SSSR count). The van der Waals surface area contributed by atoms with E-state index in [4.69, 9.17) is 11.6 Å². The van der Waals surface area contributed by atoms with E-state index in [1.807, 2.05) is 6.07 Å². The molecule has 0 heterocycles. The highest BCUT2D eigenvalue weighted by atomic mass is 35.5. The molecule has 1 unspecified atom stereocenters. The van der Waals surface area contributed by atoms with Crippen molar-refractivity contribution in [3.05, 3.63) is 34.3 Å². The van der Waals surface area contributed by atoms with Crippen molar-refractivity contribution >= 4 is 11.6 Å². The van der Waals surface area contributed by atoms with Gasteiger partial charge in [-0.05, 0) is 55.5 Å². The molecule has 1 fully saturated rings. The van der Waals surface area contributed by atoms with Crippen LogP contribution in [0.25, 0.3) is 0 Å². The smallest absolute Gasteiger partial charge is 0.0409 e. The molecule has 1 atom stereocenters. The van der Waals surface area contributed by atoms with Gasteiger partial charge >= 0.3 is 0 Å². The molecule has 0 aliphatic heterocycles. The minimum absolute atomic E-state index is 0.474. The SMILES string of the molecule is CCCNC(CC1CCCC1)c1cc(Cl)ccc1C. The zero-order valence-corrected chi connectivity index (χ0v) is 13.0. The van der Waals surface area contributed by atoms with Gasteiger partial charge in [0.25, 0.3) is 0 Å². The van der Waals surface area contributed by atoms with Gasteiger partial charge in [0, 0.05) is 11.1 Å². The minimum Gasteiger partial charge on any atom is -0.310 e. The molecule has 1 aromatic carbocycles. The zero-order valence-electron chi connectivity index (χ0n) is 12.2. The fourth-order valence-corrected chi connectivity index (χ4v) is 3.39. The maximum atomic E-state index is 6.18. The predicted molar refractivity (Wildman–Crippen MR) is 83.8 cm³/mol. The summed E-state index contributed by atoms with van der Waals surface area (Å²) in [5.74, 6) is 0.896. The summed E-state index contributed by atoms with van der Waals surface area (Å²) in [6.07, 6.45) is 8.09. The van der Waals surface area contributed by atoms with Crippen molar-refractivity contribution in [2.75, 3.05) is 6.54 Å². The average molecular weight is 280 g/mol. The third-order valence-corrected chi connectivity index (χ3v) is 4.54. The van der Waals surface area contributed by atoms with Crippen LogP contribution >= 0.6 is 11.6 Å². The maximum absolute atomic E-state index is 6.18. The third kappa shape index (κ3) is 4.22. The van der Waals surface area contributed by atoms with Crippen LogP contribution in [0.2, 0.25) is 5.02 Å². The Balaban J connectivity index is 2.12. The van der Waals surface area contributed by atoms with Crippen molar-refractivity contribution in [2.45, 2.75) is 58.4 Å². The van der Waals surface area contributed by atoms with E-state index >= 15 is 0 Å². The van der Waals surface area contributed by atoms with E-state index in [2.05, 4.69) is 31.3 Å². The monoisotopic (exact) mass is 279 g/mol. The van der Waals surface area contributed by atoms with Crippen LogP contribution < -0.4 is 5.32 Å². The molecule has 1 nitrogen and oxygen atoms in total. The summed E-state index contributed by atoms with van der Waals surface area (Å²) in [5.41, 5.74) is 2.75. The molecule has 0 bridgehead atoms. The highest BCUT2D eigenvalue weighted by molar-refractivity contribution is 6.30. The summed E-state index contributed by atoms with van der Waals surface area (Å²) in [6.45, 7) is 5.51. The summed E-state index contributed by atoms with van der Waals surface area (Å²) in [6, 6.07) is 6.76. The molecule has 0 amide bonds. The molecule has 0 spiro atoms. The first-order valence-corrected chi connectivity index (χ1v) is 8.08. The first-order chi connectivity index (χ1) is 9.20. The van der Waals surface area contributed by atoms with Crippen LogP contribution in [-0.2, 0) is 0 Å². The molecule has 0 saturated heterocycles. The lowest BCUT2D eigenvalue weighted by Gasteiger charge is -2.24. The summed E-state index contributed by atoms with van der Waals surface area (Å²) in [5, 5.41) is 4.58. The molecular weight excluding hydrogens is 254 g/mol. The Morgan fingerprint density at radius 3 is 2.74 bits per heavy atom. The number of rotatable bonds is 6. The molecular formula is C17H26ClN. The molecule has 0 radical (unpaired) electrons. The van der Waals surface area contributed by atoms with Gasteiger partial charge in [0.15, 0.2) is 0 Å². The van der Waals surface area contributed by atoms with Gasteiger partial charge in [0.1, 0.15) is 0 Å². The van der Waals surface area contributed by atoms with E-state index < -0.39 is 0 Å². The molecule has 2 heteroatoms. The predicted octanol–water partition coefficient (Wildman–Crippen LogP) is 5.27. The van der Waals surface area contributed by atoms with Gasteiger partial charge in [-0.3, -0.25) is 0 Å². The first kappa shape index (κ1) is 14.9. The van der Waals surface area contributed by atoms with Crippen LogP contribution in [0.15, 0.2) is 18.2 Å². The lowest BCUT2D eigenvalue weighted by Crippen LogP contribution is -2.24. The number of hydrogen-bond donors (Lipinski definition) is 1. The van der Waals surface area contributed by atoms with Gasteiger partial charge in [0.2, 0.25) is 0 Å². The van der Waals surface area contributed by atoms with Crippen LogP contribution in [0.3, 0.4) is 0 Å². The second-order valence-corrected chi connectivity index (χ2v) is 6.33. The molecule has 106 valence electrons.